The lowest BCUT2D eigenvalue weighted by molar-refractivity contribution is 0.508. The van der Waals surface area contributed by atoms with Crippen LogP contribution in [0.4, 0.5) is 8.78 Å². The van der Waals surface area contributed by atoms with Crippen molar-refractivity contribution in [1.29, 1.82) is 0 Å². The van der Waals surface area contributed by atoms with Crippen LogP contribution < -0.4 is 0 Å². The first-order chi connectivity index (χ1) is 10.7. The highest BCUT2D eigenvalue weighted by Gasteiger charge is 2.01. The fraction of sp³-hybridized carbons (Fsp3) is 0.100. The molecule has 0 spiro atoms. The average Bonchev–Trinajstić information content (AvgIpc) is 2.55. The van der Waals surface area contributed by atoms with Crippen molar-refractivity contribution in [3.63, 3.8) is 0 Å². The first-order valence-electron chi connectivity index (χ1n) is 7.16. The van der Waals surface area contributed by atoms with E-state index in [1.54, 1.807) is 0 Å². The van der Waals surface area contributed by atoms with Crippen molar-refractivity contribution in [2.24, 2.45) is 0 Å². The van der Waals surface area contributed by atoms with E-state index in [2.05, 4.69) is 43.0 Å². The Labute approximate surface area is 128 Å². The summed E-state index contributed by atoms with van der Waals surface area (Å²) in [6.07, 6.45) is 0.987. The molecule has 0 saturated heterocycles. The third kappa shape index (κ3) is 2.84. The molecule has 22 heavy (non-hydrogen) atoms. The fourth-order valence-electron chi connectivity index (χ4n) is 2.38. The van der Waals surface area contributed by atoms with Gasteiger partial charge in [0.05, 0.1) is 0 Å². The van der Waals surface area contributed by atoms with Gasteiger partial charge in [0.15, 0.2) is 11.6 Å². The van der Waals surface area contributed by atoms with Crippen molar-refractivity contribution in [2.75, 3.05) is 0 Å². The summed E-state index contributed by atoms with van der Waals surface area (Å²) >= 11 is 0. The maximum Gasteiger partial charge on any atom is 0.160 e. The standard InChI is InChI=1S/C20H14F2/c1-2-14-7-10-18-16(4-3-5-17(18)12-14)9-6-15-8-11-19(21)20(22)13-15/h3-5,7-8,10-13H,2H2,1H3. The van der Waals surface area contributed by atoms with Crippen molar-refractivity contribution < 1.29 is 8.78 Å². The van der Waals surface area contributed by atoms with Gasteiger partial charge in [0.1, 0.15) is 0 Å². The van der Waals surface area contributed by atoms with Crippen LogP contribution in [0.25, 0.3) is 10.8 Å². The van der Waals surface area contributed by atoms with Gasteiger partial charge in [0.25, 0.3) is 0 Å². The molecule has 0 aliphatic rings. The van der Waals surface area contributed by atoms with Gasteiger partial charge in [0.2, 0.25) is 0 Å². The second kappa shape index (κ2) is 5.99. The summed E-state index contributed by atoms with van der Waals surface area (Å²) < 4.78 is 26.1. The number of benzene rings is 3. The van der Waals surface area contributed by atoms with Gasteiger partial charge < -0.3 is 0 Å². The molecule has 0 aromatic heterocycles. The monoisotopic (exact) mass is 292 g/mol. The Morgan fingerprint density at radius 1 is 0.864 bits per heavy atom. The summed E-state index contributed by atoms with van der Waals surface area (Å²) in [4.78, 5) is 0. The van der Waals surface area contributed by atoms with E-state index in [9.17, 15) is 8.78 Å². The number of fused-ring (bicyclic) bond motifs is 1. The molecule has 108 valence electrons. The van der Waals surface area contributed by atoms with Crippen LogP contribution in [0.1, 0.15) is 23.6 Å². The van der Waals surface area contributed by atoms with Crippen molar-refractivity contribution in [2.45, 2.75) is 13.3 Å². The first-order valence-corrected chi connectivity index (χ1v) is 7.16. The molecule has 0 amide bonds. The van der Waals surface area contributed by atoms with E-state index in [1.165, 1.54) is 11.6 Å². The van der Waals surface area contributed by atoms with Crippen LogP contribution in [0.3, 0.4) is 0 Å². The van der Waals surface area contributed by atoms with Gasteiger partial charge in [-0.1, -0.05) is 49.1 Å². The second-order valence-electron chi connectivity index (χ2n) is 5.09. The Morgan fingerprint density at radius 2 is 1.73 bits per heavy atom. The Morgan fingerprint density at radius 3 is 2.50 bits per heavy atom. The first kappa shape index (κ1) is 14.3. The minimum absolute atomic E-state index is 0.459. The SMILES string of the molecule is CCc1ccc2c(C#Cc3ccc(F)c(F)c3)cccc2c1. The lowest BCUT2D eigenvalue weighted by atomic mass is 10.0. The van der Waals surface area contributed by atoms with Crippen molar-refractivity contribution >= 4 is 10.8 Å². The number of hydrogen-bond acceptors (Lipinski definition) is 0. The van der Waals surface area contributed by atoms with Crippen molar-refractivity contribution in [3.8, 4) is 11.8 Å². The molecule has 0 bridgehead atoms. The molecule has 0 aliphatic heterocycles. The van der Waals surface area contributed by atoms with Gasteiger partial charge in [-0.25, -0.2) is 8.78 Å². The van der Waals surface area contributed by atoms with Gasteiger partial charge in [-0.3, -0.25) is 0 Å². The minimum Gasteiger partial charge on any atom is -0.204 e. The molecule has 0 saturated carbocycles. The Hall–Kier alpha value is -2.66. The highest BCUT2D eigenvalue weighted by molar-refractivity contribution is 5.88. The van der Waals surface area contributed by atoms with Crippen molar-refractivity contribution in [3.05, 3.63) is 82.9 Å². The van der Waals surface area contributed by atoms with Gasteiger partial charge >= 0.3 is 0 Å². The molecule has 2 heteroatoms. The van der Waals surface area contributed by atoms with Crippen LogP contribution in [0.15, 0.2) is 54.6 Å². The van der Waals surface area contributed by atoms with Crippen molar-refractivity contribution in [1.82, 2.24) is 0 Å². The molecule has 3 aromatic rings. The number of aryl methyl sites for hydroxylation is 1. The lowest BCUT2D eigenvalue weighted by Gasteiger charge is -2.03. The molecule has 0 heterocycles. The van der Waals surface area contributed by atoms with Crippen LogP contribution in [-0.2, 0) is 6.42 Å². The third-order valence-electron chi connectivity index (χ3n) is 3.61. The highest BCUT2D eigenvalue weighted by atomic mass is 19.2. The van der Waals surface area contributed by atoms with E-state index in [4.69, 9.17) is 0 Å². The van der Waals surface area contributed by atoms with Gasteiger partial charge in [0, 0.05) is 11.1 Å². The molecule has 0 N–H and O–H groups in total. The number of rotatable bonds is 1. The maximum atomic E-state index is 13.2. The molecule has 0 aliphatic carbocycles. The van der Waals surface area contributed by atoms with Crippen LogP contribution in [0.5, 0.6) is 0 Å². The molecule has 3 rings (SSSR count). The summed E-state index contributed by atoms with van der Waals surface area (Å²) in [6.45, 7) is 2.12. The van der Waals surface area contributed by atoms with E-state index in [-0.39, 0.29) is 0 Å². The number of halogens is 2. The molecule has 0 fully saturated rings. The highest BCUT2D eigenvalue weighted by Crippen LogP contribution is 2.20. The van der Waals surface area contributed by atoms with Gasteiger partial charge in [-0.05, 0) is 47.0 Å². The molecule has 0 unspecified atom stereocenters. The predicted molar refractivity (Wildman–Crippen MR) is 85.7 cm³/mol. The summed E-state index contributed by atoms with van der Waals surface area (Å²) in [5.41, 5.74) is 2.61. The average molecular weight is 292 g/mol. The van der Waals surface area contributed by atoms with Crippen LogP contribution in [-0.4, -0.2) is 0 Å². The topological polar surface area (TPSA) is 0 Å². The van der Waals surface area contributed by atoms with E-state index >= 15 is 0 Å². The van der Waals surface area contributed by atoms with E-state index in [0.717, 1.165) is 34.9 Å². The molecular formula is C20H14F2. The molecule has 0 nitrogen and oxygen atoms in total. The summed E-state index contributed by atoms with van der Waals surface area (Å²) in [5, 5.41) is 2.20. The largest absolute Gasteiger partial charge is 0.204 e. The maximum absolute atomic E-state index is 13.2. The summed E-state index contributed by atoms with van der Waals surface area (Å²) in [5.74, 6) is 4.21. The Balaban J connectivity index is 2.04. The van der Waals surface area contributed by atoms with Crippen LogP contribution in [0.2, 0.25) is 0 Å². The summed E-state index contributed by atoms with van der Waals surface area (Å²) in [7, 11) is 0. The van der Waals surface area contributed by atoms with Gasteiger partial charge in [-0.15, -0.1) is 0 Å². The van der Waals surface area contributed by atoms with Crippen LogP contribution >= 0.6 is 0 Å². The molecule has 0 radical (unpaired) electrons. The fourth-order valence-corrected chi connectivity index (χ4v) is 2.38. The number of hydrogen-bond donors (Lipinski definition) is 0. The molecular weight excluding hydrogens is 278 g/mol. The van der Waals surface area contributed by atoms with Crippen LogP contribution in [0, 0.1) is 23.5 Å². The zero-order valence-electron chi connectivity index (χ0n) is 12.2. The second-order valence-corrected chi connectivity index (χ2v) is 5.09. The summed E-state index contributed by atoms with van der Waals surface area (Å²) in [6, 6.07) is 15.9. The lowest BCUT2D eigenvalue weighted by Crippen LogP contribution is -1.86. The molecule has 3 aromatic carbocycles. The zero-order chi connectivity index (χ0) is 15.5. The molecule has 0 atom stereocenters. The van der Waals surface area contributed by atoms with E-state index < -0.39 is 11.6 Å². The van der Waals surface area contributed by atoms with E-state index in [0.29, 0.717) is 5.56 Å². The third-order valence-corrected chi connectivity index (χ3v) is 3.61. The smallest absolute Gasteiger partial charge is 0.160 e. The minimum atomic E-state index is -0.877. The Kier molecular flexibility index (Phi) is 3.89. The van der Waals surface area contributed by atoms with E-state index in [1.807, 2.05) is 12.1 Å². The zero-order valence-corrected chi connectivity index (χ0v) is 12.2. The normalized spacial score (nSPS) is 10.3. The Bertz CT molecular complexity index is 898. The predicted octanol–water partition coefficient (Wildman–Crippen LogP) is 5.08. The quantitative estimate of drug-likeness (QED) is 0.549. The van der Waals surface area contributed by atoms with Gasteiger partial charge in [-0.2, -0.15) is 0 Å².